The number of amides is 2. The van der Waals surface area contributed by atoms with Crippen molar-refractivity contribution in [3.05, 3.63) is 63.1 Å². The van der Waals surface area contributed by atoms with Crippen LogP contribution in [0.25, 0.3) is 0 Å². The van der Waals surface area contributed by atoms with E-state index in [0.717, 1.165) is 18.4 Å². The average Bonchev–Trinajstić information content (AvgIpc) is 2.68. The topological polar surface area (TPSA) is 58.2 Å². The Morgan fingerprint density at radius 2 is 1.67 bits per heavy atom. The first-order valence-electron chi connectivity index (χ1n) is 9.17. The lowest BCUT2D eigenvalue weighted by atomic mass is 9.89. The van der Waals surface area contributed by atoms with Crippen molar-refractivity contribution in [1.29, 1.82) is 0 Å². The van der Waals surface area contributed by atoms with Crippen LogP contribution in [0.4, 0.5) is 5.69 Å². The number of para-hydroxylation sites is 1. The molecule has 1 aliphatic rings. The lowest BCUT2D eigenvalue weighted by molar-refractivity contribution is -0.136. The molecule has 6 heteroatoms. The number of benzene rings is 2. The summed E-state index contributed by atoms with van der Waals surface area (Å²) >= 11 is 12.1. The molecule has 0 aromatic heterocycles. The lowest BCUT2D eigenvalue weighted by Crippen LogP contribution is -2.37. The Labute approximate surface area is 169 Å². The first-order valence-corrected chi connectivity index (χ1v) is 9.92. The van der Waals surface area contributed by atoms with Crippen molar-refractivity contribution in [2.45, 2.75) is 45.1 Å². The summed E-state index contributed by atoms with van der Waals surface area (Å²) in [6.07, 6.45) is 5.29. The summed E-state index contributed by atoms with van der Waals surface area (Å²) in [7, 11) is 0. The highest BCUT2D eigenvalue weighted by Crippen LogP contribution is 2.30. The smallest absolute Gasteiger partial charge is 0.313 e. The normalized spacial score (nSPS) is 14.2. The zero-order valence-electron chi connectivity index (χ0n) is 15.1. The minimum atomic E-state index is -0.790. The van der Waals surface area contributed by atoms with E-state index in [1.807, 2.05) is 13.0 Å². The van der Waals surface area contributed by atoms with E-state index in [9.17, 15) is 9.59 Å². The van der Waals surface area contributed by atoms with Crippen LogP contribution in [0.3, 0.4) is 0 Å². The SMILES string of the molecule is CCC(NC(=O)C(=O)Nc1c(Cl)cccc1Cl)c1ccc2c(c1)CCCC2. The van der Waals surface area contributed by atoms with Crippen molar-refractivity contribution in [2.24, 2.45) is 0 Å². The van der Waals surface area contributed by atoms with Crippen LogP contribution in [0.2, 0.25) is 10.0 Å². The third-order valence-corrected chi connectivity index (χ3v) is 5.53. The summed E-state index contributed by atoms with van der Waals surface area (Å²) in [6.45, 7) is 1.98. The van der Waals surface area contributed by atoms with E-state index in [1.165, 1.54) is 24.0 Å². The molecule has 27 heavy (non-hydrogen) atoms. The molecule has 1 atom stereocenters. The fraction of sp³-hybridized carbons (Fsp3) is 0.333. The number of aryl methyl sites for hydroxylation is 2. The number of anilines is 1. The largest absolute Gasteiger partial charge is 0.341 e. The van der Waals surface area contributed by atoms with Gasteiger partial charge in [0.15, 0.2) is 0 Å². The molecule has 2 aromatic rings. The molecule has 142 valence electrons. The molecule has 0 spiro atoms. The summed E-state index contributed by atoms with van der Waals surface area (Å²) in [5.41, 5.74) is 3.99. The zero-order chi connectivity index (χ0) is 19.4. The third-order valence-electron chi connectivity index (χ3n) is 4.90. The molecule has 4 nitrogen and oxygen atoms in total. The number of rotatable bonds is 4. The predicted octanol–water partition coefficient (Wildman–Crippen LogP) is 5.08. The molecule has 0 radical (unpaired) electrons. The molecule has 1 unspecified atom stereocenters. The van der Waals surface area contributed by atoms with Crippen LogP contribution in [0, 0.1) is 0 Å². The van der Waals surface area contributed by atoms with Gasteiger partial charge in [-0.25, -0.2) is 0 Å². The average molecular weight is 405 g/mol. The summed E-state index contributed by atoms with van der Waals surface area (Å²) < 4.78 is 0. The van der Waals surface area contributed by atoms with Crippen LogP contribution in [0.5, 0.6) is 0 Å². The highest BCUT2D eigenvalue weighted by molar-refractivity contribution is 6.44. The zero-order valence-corrected chi connectivity index (χ0v) is 16.7. The van der Waals surface area contributed by atoms with Crippen molar-refractivity contribution < 1.29 is 9.59 Å². The van der Waals surface area contributed by atoms with Crippen molar-refractivity contribution in [1.82, 2.24) is 5.32 Å². The molecule has 0 bridgehead atoms. The quantitative estimate of drug-likeness (QED) is 0.698. The van der Waals surface area contributed by atoms with Gasteiger partial charge in [0.1, 0.15) is 0 Å². The number of hydrogen-bond donors (Lipinski definition) is 2. The monoisotopic (exact) mass is 404 g/mol. The molecule has 3 rings (SSSR count). The Balaban J connectivity index is 1.70. The molecule has 2 N–H and O–H groups in total. The second-order valence-corrected chi connectivity index (χ2v) is 7.53. The highest BCUT2D eigenvalue weighted by atomic mass is 35.5. The molecule has 0 saturated carbocycles. The van der Waals surface area contributed by atoms with Gasteiger partial charge >= 0.3 is 11.8 Å². The van der Waals surface area contributed by atoms with Crippen LogP contribution >= 0.6 is 23.2 Å². The number of nitrogens with one attached hydrogen (secondary N) is 2. The van der Waals surface area contributed by atoms with Crippen LogP contribution in [-0.2, 0) is 22.4 Å². The van der Waals surface area contributed by atoms with E-state index in [-0.39, 0.29) is 21.8 Å². The van der Waals surface area contributed by atoms with Crippen LogP contribution in [-0.4, -0.2) is 11.8 Å². The number of fused-ring (bicyclic) bond motifs is 1. The summed E-state index contributed by atoms with van der Waals surface area (Å²) in [5.74, 6) is -1.50. The lowest BCUT2D eigenvalue weighted by Gasteiger charge is -2.21. The number of hydrogen-bond acceptors (Lipinski definition) is 2. The van der Waals surface area contributed by atoms with Gasteiger partial charge in [0.05, 0.1) is 21.8 Å². The van der Waals surface area contributed by atoms with Gasteiger partial charge in [0.25, 0.3) is 0 Å². The Morgan fingerprint density at radius 3 is 2.33 bits per heavy atom. The Bertz CT molecular complexity index is 847. The Morgan fingerprint density at radius 1 is 1.00 bits per heavy atom. The fourth-order valence-corrected chi connectivity index (χ4v) is 3.89. The van der Waals surface area contributed by atoms with Crippen LogP contribution < -0.4 is 10.6 Å². The maximum Gasteiger partial charge on any atom is 0.313 e. The summed E-state index contributed by atoms with van der Waals surface area (Å²) in [6, 6.07) is 11.0. The fourth-order valence-electron chi connectivity index (χ4n) is 3.40. The molecular weight excluding hydrogens is 383 g/mol. The van der Waals surface area contributed by atoms with E-state index in [1.54, 1.807) is 18.2 Å². The molecule has 2 amide bonds. The first-order chi connectivity index (χ1) is 13.0. The van der Waals surface area contributed by atoms with Gasteiger partial charge in [0, 0.05) is 0 Å². The molecule has 2 aromatic carbocycles. The van der Waals surface area contributed by atoms with Crippen molar-refractivity contribution in [3.63, 3.8) is 0 Å². The standard InChI is InChI=1S/C21H22Cl2N2O2/c1-2-18(15-11-10-13-6-3-4-7-14(13)12-15)24-20(26)21(27)25-19-16(22)8-5-9-17(19)23/h5,8-12,18H,2-4,6-7H2,1H3,(H,24,26)(H,25,27). The molecule has 1 aliphatic carbocycles. The van der Waals surface area contributed by atoms with E-state index in [0.29, 0.717) is 6.42 Å². The van der Waals surface area contributed by atoms with E-state index >= 15 is 0 Å². The molecule has 0 fully saturated rings. The number of halogens is 2. The Kier molecular flexibility index (Phi) is 6.40. The molecule has 0 saturated heterocycles. The molecular formula is C21H22Cl2N2O2. The second kappa shape index (κ2) is 8.77. The maximum atomic E-state index is 12.4. The van der Waals surface area contributed by atoms with Crippen molar-refractivity contribution in [2.75, 3.05) is 5.32 Å². The van der Waals surface area contributed by atoms with Gasteiger partial charge in [-0.05, 0) is 60.9 Å². The van der Waals surface area contributed by atoms with Crippen LogP contribution in [0.1, 0.15) is 48.9 Å². The van der Waals surface area contributed by atoms with Gasteiger partial charge < -0.3 is 10.6 Å². The molecule has 0 heterocycles. The van der Waals surface area contributed by atoms with Crippen LogP contribution in [0.15, 0.2) is 36.4 Å². The summed E-state index contributed by atoms with van der Waals surface area (Å²) in [4.78, 5) is 24.7. The third kappa shape index (κ3) is 4.63. The van der Waals surface area contributed by atoms with Gasteiger partial charge in [-0.1, -0.05) is 54.4 Å². The van der Waals surface area contributed by atoms with E-state index < -0.39 is 11.8 Å². The van der Waals surface area contributed by atoms with Crippen molar-refractivity contribution >= 4 is 40.7 Å². The highest BCUT2D eigenvalue weighted by Gasteiger charge is 2.21. The predicted molar refractivity (Wildman–Crippen MR) is 109 cm³/mol. The first kappa shape index (κ1) is 19.7. The van der Waals surface area contributed by atoms with Gasteiger partial charge in [-0.2, -0.15) is 0 Å². The van der Waals surface area contributed by atoms with E-state index in [2.05, 4.69) is 22.8 Å². The number of carbonyl (C=O) groups is 2. The van der Waals surface area contributed by atoms with Gasteiger partial charge in [0.2, 0.25) is 0 Å². The van der Waals surface area contributed by atoms with Gasteiger partial charge in [-0.3, -0.25) is 9.59 Å². The summed E-state index contributed by atoms with van der Waals surface area (Å²) in [5, 5.41) is 5.87. The molecule has 0 aliphatic heterocycles. The van der Waals surface area contributed by atoms with Crippen molar-refractivity contribution in [3.8, 4) is 0 Å². The second-order valence-electron chi connectivity index (χ2n) is 6.72. The minimum absolute atomic E-state index is 0.225. The number of carbonyl (C=O) groups excluding carboxylic acids is 2. The Hall–Kier alpha value is -2.04. The van der Waals surface area contributed by atoms with Gasteiger partial charge in [-0.15, -0.1) is 0 Å². The van der Waals surface area contributed by atoms with E-state index in [4.69, 9.17) is 23.2 Å². The minimum Gasteiger partial charge on any atom is -0.341 e. The maximum absolute atomic E-state index is 12.4.